The molecule has 0 aromatic carbocycles. The molecule has 0 spiro atoms. The van der Waals surface area contributed by atoms with Crippen LogP contribution in [0.25, 0.3) is 32.3 Å². The number of aromatic nitrogens is 3. The van der Waals surface area contributed by atoms with E-state index >= 15 is 0 Å². The topological polar surface area (TPSA) is 45.2 Å². The van der Waals surface area contributed by atoms with Crippen molar-refractivity contribution < 1.29 is 0 Å². The van der Waals surface area contributed by atoms with E-state index in [1.807, 2.05) is 18.1 Å². The quantitative estimate of drug-likeness (QED) is 0.434. The Morgan fingerprint density at radius 3 is 2.21 bits per heavy atom. The monoisotopic (exact) mass is 425 g/mol. The van der Waals surface area contributed by atoms with Crippen LogP contribution in [0.15, 0.2) is 47.3 Å². The van der Waals surface area contributed by atoms with Gasteiger partial charge in [-0.2, -0.15) is 0 Å². The number of anilines is 1. The molecule has 0 aliphatic carbocycles. The third kappa shape index (κ3) is 3.41. The van der Waals surface area contributed by atoms with Gasteiger partial charge in [0.15, 0.2) is 5.65 Å². The summed E-state index contributed by atoms with van der Waals surface area (Å²) in [6.07, 6.45) is 4.08. The predicted octanol–water partition coefficient (Wildman–Crippen LogP) is 4.88. The first-order valence-electron chi connectivity index (χ1n) is 9.11. The Kier molecular flexibility index (Phi) is 5.02. The molecule has 0 atom stereocenters. The summed E-state index contributed by atoms with van der Waals surface area (Å²) in [5, 5.41) is 4.16. The van der Waals surface area contributed by atoms with Crippen LogP contribution in [-0.2, 0) is 0 Å². The molecule has 0 saturated carbocycles. The van der Waals surface area contributed by atoms with Crippen LogP contribution in [0.3, 0.4) is 0 Å². The minimum absolute atomic E-state index is 0.704. The highest BCUT2D eigenvalue weighted by Gasteiger charge is 2.19. The van der Waals surface area contributed by atoms with Gasteiger partial charge in [-0.3, -0.25) is 0 Å². The Balaban J connectivity index is 1.57. The first kappa shape index (κ1) is 18.1. The van der Waals surface area contributed by atoms with Crippen molar-refractivity contribution in [2.24, 2.45) is 0 Å². The van der Waals surface area contributed by atoms with Gasteiger partial charge in [-0.1, -0.05) is 24.1 Å². The maximum Gasteiger partial charge on any atom is 0.178 e. The van der Waals surface area contributed by atoms with Gasteiger partial charge in [-0.15, -0.1) is 22.7 Å². The van der Waals surface area contributed by atoms with E-state index in [1.54, 1.807) is 22.7 Å². The summed E-state index contributed by atoms with van der Waals surface area (Å²) in [7, 11) is 0. The number of rotatable bonds is 4. The molecule has 5 heterocycles. The highest BCUT2D eigenvalue weighted by atomic mass is 32.2. The molecule has 5 nitrogen and oxygen atoms in total. The average Bonchev–Trinajstić information content (AvgIpc) is 3.46. The van der Waals surface area contributed by atoms with Crippen LogP contribution in [0.2, 0.25) is 0 Å². The molecule has 8 heteroatoms. The number of hydrogen-bond acceptors (Lipinski definition) is 8. The summed E-state index contributed by atoms with van der Waals surface area (Å²) in [6, 6.07) is 10.5. The largest absolute Gasteiger partial charge is 0.368 e. The maximum atomic E-state index is 5.01. The Labute approximate surface area is 176 Å². The van der Waals surface area contributed by atoms with E-state index in [-0.39, 0.29) is 0 Å². The lowest BCUT2D eigenvalue weighted by molar-refractivity contribution is 0.431. The Bertz CT molecular complexity index is 1070. The standard InChI is InChI=1S/C20H19N5S3/c1-26-25-8-6-24(7-9-25)14-12-15-20(21-13-14)23-19(17-5-3-11-28-17)18(22-15)16-4-2-10-27-16/h2-5,10-13H,6-9H2,1H3. The highest BCUT2D eigenvalue weighted by molar-refractivity contribution is 7.96. The van der Waals surface area contributed by atoms with Gasteiger partial charge in [0.05, 0.1) is 21.6 Å². The summed E-state index contributed by atoms with van der Waals surface area (Å²) in [6.45, 7) is 4.13. The normalized spacial score (nSPS) is 15.4. The minimum atomic E-state index is 0.704. The molecule has 1 aliphatic heterocycles. The fourth-order valence-electron chi connectivity index (χ4n) is 3.41. The van der Waals surface area contributed by atoms with Crippen LogP contribution in [-0.4, -0.2) is 51.7 Å². The molecule has 0 N–H and O–H groups in total. The van der Waals surface area contributed by atoms with Crippen molar-refractivity contribution in [3.05, 3.63) is 47.3 Å². The molecule has 142 valence electrons. The van der Waals surface area contributed by atoms with E-state index in [1.165, 1.54) is 0 Å². The second-order valence-corrected chi connectivity index (χ2v) is 9.29. The molecule has 1 fully saturated rings. The van der Waals surface area contributed by atoms with Crippen LogP contribution in [0.1, 0.15) is 0 Å². The molecule has 0 unspecified atom stereocenters. The predicted molar refractivity (Wildman–Crippen MR) is 121 cm³/mol. The smallest absolute Gasteiger partial charge is 0.178 e. The van der Waals surface area contributed by atoms with Gasteiger partial charge in [0.1, 0.15) is 16.9 Å². The van der Waals surface area contributed by atoms with Gasteiger partial charge in [0.2, 0.25) is 0 Å². The lowest BCUT2D eigenvalue weighted by atomic mass is 10.2. The van der Waals surface area contributed by atoms with Crippen LogP contribution in [0, 0.1) is 0 Å². The van der Waals surface area contributed by atoms with Crippen molar-refractivity contribution in [2.75, 3.05) is 37.3 Å². The fourth-order valence-corrected chi connectivity index (χ4v) is 5.37. The van der Waals surface area contributed by atoms with Crippen molar-refractivity contribution in [1.29, 1.82) is 0 Å². The van der Waals surface area contributed by atoms with Gasteiger partial charge in [-0.25, -0.2) is 19.3 Å². The second-order valence-electron chi connectivity index (χ2n) is 6.51. The number of hydrogen-bond donors (Lipinski definition) is 0. The minimum Gasteiger partial charge on any atom is -0.368 e. The van der Waals surface area contributed by atoms with E-state index in [0.717, 1.165) is 58.5 Å². The molecule has 4 aromatic rings. The molecule has 0 bridgehead atoms. The second kappa shape index (κ2) is 7.79. The first-order valence-corrected chi connectivity index (χ1v) is 12.1. The van der Waals surface area contributed by atoms with Crippen molar-refractivity contribution in [2.45, 2.75) is 0 Å². The lowest BCUT2D eigenvalue weighted by Crippen LogP contribution is -2.43. The van der Waals surface area contributed by atoms with Gasteiger partial charge < -0.3 is 4.90 Å². The van der Waals surface area contributed by atoms with Crippen molar-refractivity contribution in [1.82, 2.24) is 19.3 Å². The summed E-state index contributed by atoms with van der Waals surface area (Å²) >= 11 is 5.20. The Morgan fingerprint density at radius 1 is 0.929 bits per heavy atom. The Morgan fingerprint density at radius 2 is 1.61 bits per heavy atom. The van der Waals surface area contributed by atoms with Crippen molar-refractivity contribution >= 4 is 51.5 Å². The average molecular weight is 426 g/mol. The number of nitrogens with zero attached hydrogens (tertiary/aromatic N) is 5. The van der Waals surface area contributed by atoms with Crippen molar-refractivity contribution in [3.63, 3.8) is 0 Å². The number of piperazine rings is 1. The van der Waals surface area contributed by atoms with E-state index in [0.29, 0.717) is 5.65 Å². The summed E-state index contributed by atoms with van der Waals surface area (Å²) in [5.41, 5.74) is 4.54. The van der Waals surface area contributed by atoms with Gasteiger partial charge in [0.25, 0.3) is 0 Å². The summed E-state index contributed by atoms with van der Waals surface area (Å²) in [5.74, 6) is 0. The zero-order valence-electron chi connectivity index (χ0n) is 15.4. The van der Waals surface area contributed by atoms with Crippen LogP contribution in [0.4, 0.5) is 5.69 Å². The third-order valence-electron chi connectivity index (χ3n) is 4.88. The highest BCUT2D eigenvalue weighted by Crippen LogP contribution is 2.35. The molecule has 0 amide bonds. The van der Waals surface area contributed by atoms with Crippen LogP contribution < -0.4 is 4.90 Å². The number of thiophene rings is 2. The molecule has 5 rings (SSSR count). The SMILES string of the molecule is CSN1CCN(c2cnc3nc(-c4cccs4)c(-c4cccs4)nc3c2)CC1. The molecular formula is C20H19N5S3. The Hall–Kier alpha value is -2.00. The van der Waals surface area contributed by atoms with Crippen molar-refractivity contribution in [3.8, 4) is 21.1 Å². The summed E-state index contributed by atoms with van der Waals surface area (Å²) < 4.78 is 2.40. The van der Waals surface area contributed by atoms with E-state index < -0.39 is 0 Å². The van der Waals surface area contributed by atoms with E-state index in [4.69, 9.17) is 9.97 Å². The molecule has 28 heavy (non-hydrogen) atoms. The van der Waals surface area contributed by atoms with Gasteiger partial charge in [-0.05, 0) is 35.2 Å². The van der Waals surface area contributed by atoms with Crippen LogP contribution in [0.5, 0.6) is 0 Å². The molecule has 1 saturated heterocycles. The molecular weight excluding hydrogens is 406 g/mol. The lowest BCUT2D eigenvalue weighted by Gasteiger charge is -2.34. The fraction of sp³-hybridized carbons (Fsp3) is 0.250. The molecule has 0 radical (unpaired) electrons. The first-order chi connectivity index (χ1) is 13.8. The zero-order valence-corrected chi connectivity index (χ0v) is 17.9. The van der Waals surface area contributed by atoms with Crippen LogP contribution >= 0.6 is 34.6 Å². The molecule has 4 aromatic heterocycles. The van der Waals surface area contributed by atoms with Gasteiger partial charge >= 0.3 is 0 Å². The third-order valence-corrected chi connectivity index (χ3v) is 7.51. The number of pyridine rings is 1. The number of fused-ring (bicyclic) bond motifs is 1. The van der Waals surface area contributed by atoms with E-state index in [2.05, 4.69) is 61.5 Å². The van der Waals surface area contributed by atoms with E-state index in [9.17, 15) is 0 Å². The summed E-state index contributed by atoms with van der Waals surface area (Å²) in [4.78, 5) is 19.2. The van der Waals surface area contributed by atoms with Gasteiger partial charge in [0, 0.05) is 26.2 Å². The molecule has 1 aliphatic rings. The zero-order chi connectivity index (χ0) is 18.9. The maximum absolute atomic E-state index is 5.01.